The molecular weight excluding hydrogens is 453 g/mol. The molecule has 3 aromatic rings. The average molecular weight is 470 g/mol. The molecule has 0 radical (unpaired) electrons. The number of alkyl halides is 6. The molecule has 0 atom stereocenters. The third-order valence-corrected chi connectivity index (χ3v) is 5.30. The van der Waals surface area contributed by atoms with Crippen LogP contribution in [0.1, 0.15) is 11.1 Å². The highest BCUT2D eigenvalue weighted by atomic mass is 19.4. The zero-order valence-corrected chi connectivity index (χ0v) is 17.0. The Morgan fingerprint density at radius 2 is 1.30 bits per heavy atom. The standard InChI is InChI=1S/C22H17F7N4/c23-17-3-1-2-4-19(17)32-5-7-33(8-6-32)20-13-30-12-18(31-20)14-9-15(21(24,25)26)11-16(10-14)22(27,28)29/h1-4,9-13H,5-8H2. The van der Waals surface area contributed by atoms with E-state index in [2.05, 4.69) is 9.97 Å². The summed E-state index contributed by atoms with van der Waals surface area (Å²) in [5, 5.41) is 0. The van der Waals surface area contributed by atoms with E-state index in [1.54, 1.807) is 23.1 Å². The lowest BCUT2D eigenvalue weighted by molar-refractivity contribution is -0.143. The van der Waals surface area contributed by atoms with Crippen molar-refractivity contribution in [3.63, 3.8) is 0 Å². The molecule has 174 valence electrons. The van der Waals surface area contributed by atoms with Crippen molar-refractivity contribution < 1.29 is 30.7 Å². The second kappa shape index (κ2) is 8.53. The van der Waals surface area contributed by atoms with Gasteiger partial charge in [0.2, 0.25) is 0 Å². The first-order valence-corrected chi connectivity index (χ1v) is 9.89. The van der Waals surface area contributed by atoms with Gasteiger partial charge in [-0.05, 0) is 30.3 Å². The molecule has 0 saturated carbocycles. The third kappa shape index (κ3) is 5.01. The van der Waals surface area contributed by atoms with Gasteiger partial charge < -0.3 is 9.80 Å². The largest absolute Gasteiger partial charge is 0.416 e. The number of benzene rings is 2. The summed E-state index contributed by atoms with van der Waals surface area (Å²) in [5.74, 6) is -0.0376. The minimum absolute atomic E-state index is 0.0721. The van der Waals surface area contributed by atoms with Crippen LogP contribution in [0.2, 0.25) is 0 Å². The normalized spacial score (nSPS) is 15.1. The zero-order valence-electron chi connectivity index (χ0n) is 17.0. The maximum absolute atomic E-state index is 14.0. The summed E-state index contributed by atoms with van der Waals surface area (Å²) < 4.78 is 93.1. The lowest BCUT2D eigenvalue weighted by Gasteiger charge is -2.36. The molecule has 2 heterocycles. The van der Waals surface area contributed by atoms with Crippen molar-refractivity contribution in [2.24, 2.45) is 0 Å². The summed E-state index contributed by atoms with van der Waals surface area (Å²) in [5.41, 5.74) is -2.83. The predicted octanol–water partition coefficient (Wildman–Crippen LogP) is 5.65. The number of rotatable bonds is 3. The summed E-state index contributed by atoms with van der Waals surface area (Å²) in [6.07, 6.45) is -7.40. The fourth-order valence-corrected chi connectivity index (χ4v) is 3.63. The van der Waals surface area contributed by atoms with Crippen molar-refractivity contribution in [1.29, 1.82) is 0 Å². The maximum atomic E-state index is 14.0. The van der Waals surface area contributed by atoms with Gasteiger partial charge in [0.25, 0.3) is 0 Å². The molecule has 1 aliphatic rings. The molecule has 11 heteroatoms. The van der Waals surface area contributed by atoms with E-state index in [9.17, 15) is 30.7 Å². The monoisotopic (exact) mass is 470 g/mol. The Morgan fingerprint density at radius 1 is 0.727 bits per heavy atom. The van der Waals surface area contributed by atoms with Gasteiger partial charge in [-0.3, -0.25) is 4.98 Å². The van der Waals surface area contributed by atoms with Gasteiger partial charge in [0.15, 0.2) is 0 Å². The molecule has 1 saturated heterocycles. The SMILES string of the molecule is Fc1ccccc1N1CCN(c2cncc(-c3cc(C(F)(F)F)cc(C(F)(F)F)c3)n2)CC1. The number of anilines is 2. The van der Waals surface area contributed by atoms with Gasteiger partial charge in [-0.1, -0.05) is 12.1 Å². The number of nitrogens with zero attached hydrogens (tertiary/aromatic N) is 4. The van der Waals surface area contributed by atoms with Crippen molar-refractivity contribution in [2.75, 3.05) is 36.0 Å². The van der Waals surface area contributed by atoms with E-state index in [0.717, 1.165) is 6.20 Å². The Bertz CT molecular complexity index is 1100. The fraction of sp³-hybridized carbons (Fsp3) is 0.273. The molecule has 0 amide bonds. The highest BCUT2D eigenvalue weighted by molar-refractivity contribution is 5.63. The second-order valence-corrected chi connectivity index (χ2v) is 7.48. The molecule has 1 fully saturated rings. The van der Waals surface area contributed by atoms with Crippen LogP contribution in [-0.2, 0) is 12.4 Å². The quantitative estimate of drug-likeness (QED) is 0.464. The first-order valence-electron chi connectivity index (χ1n) is 9.89. The van der Waals surface area contributed by atoms with Crippen molar-refractivity contribution in [3.8, 4) is 11.3 Å². The van der Waals surface area contributed by atoms with E-state index < -0.39 is 23.5 Å². The maximum Gasteiger partial charge on any atom is 0.416 e. The van der Waals surface area contributed by atoms with Gasteiger partial charge in [-0.2, -0.15) is 26.3 Å². The molecule has 2 aromatic carbocycles. The van der Waals surface area contributed by atoms with Gasteiger partial charge in [0.05, 0.1) is 34.9 Å². The molecule has 0 aliphatic carbocycles. The van der Waals surface area contributed by atoms with Gasteiger partial charge in [-0.25, -0.2) is 9.37 Å². The number of piperazine rings is 1. The van der Waals surface area contributed by atoms with Crippen LogP contribution in [0, 0.1) is 5.82 Å². The van der Waals surface area contributed by atoms with Crippen LogP contribution >= 0.6 is 0 Å². The van der Waals surface area contributed by atoms with E-state index in [1.165, 1.54) is 12.3 Å². The molecule has 1 aromatic heterocycles. The third-order valence-electron chi connectivity index (χ3n) is 5.30. The summed E-state index contributed by atoms with van der Waals surface area (Å²) >= 11 is 0. The molecule has 0 unspecified atom stereocenters. The van der Waals surface area contributed by atoms with Crippen molar-refractivity contribution in [1.82, 2.24) is 9.97 Å². The summed E-state index contributed by atoms with van der Waals surface area (Å²) in [4.78, 5) is 11.9. The first-order chi connectivity index (χ1) is 15.5. The molecule has 33 heavy (non-hydrogen) atoms. The van der Waals surface area contributed by atoms with E-state index in [0.29, 0.717) is 49.8 Å². The summed E-state index contributed by atoms with van der Waals surface area (Å²) in [6.45, 7) is 1.75. The lowest BCUT2D eigenvalue weighted by atomic mass is 10.0. The second-order valence-electron chi connectivity index (χ2n) is 7.48. The zero-order chi connectivity index (χ0) is 23.8. The van der Waals surface area contributed by atoms with Crippen LogP contribution in [0.4, 0.5) is 42.2 Å². The van der Waals surface area contributed by atoms with Gasteiger partial charge in [-0.15, -0.1) is 0 Å². The number of hydrogen-bond donors (Lipinski definition) is 0. The fourth-order valence-electron chi connectivity index (χ4n) is 3.63. The van der Waals surface area contributed by atoms with Crippen LogP contribution in [-0.4, -0.2) is 36.1 Å². The minimum Gasteiger partial charge on any atom is -0.366 e. The van der Waals surface area contributed by atoms with E-state index in [1.807, 2.05) is 4.90 Å². The van der Waals surface area contributed by atoms with Crippen molar-refractivity contribution in [3.05, 3.63) is 71.8 Å². The highest BCUT2D eigenvalue weighted by Crippen LogP contribution is 2.38. The van der Waals surface area contributed by atoms with Gasteiger partial charge in [0, 0.05) is 31.7 Å². The number of hydrogen-bond acceptors (Lipinski definition) is 4. The Labute approximate surface area is 184 Å². The minimum atomic E-state index is -4.95. The van der Waals surface area contributed by atoms with Crippen LogP contribution in [0.25, 0.3) is 11.3 Å². The molecule has 4 rings (SSSR count). The Morgan fingerprint density at radius 3 is 1.88 bits per heavy atom. The van der Waals surface area contributed by atoms with Crippen LogP contribution in [0.15, 0.2) is 54.9 Å². The van der Waals surface area contributed by atoms with Gasteiger partial charge >= 0.3 is 12.4 Å². The molecule has 1 aliphatic heterocycles. The molecule has 0 N–H and O–H groups in total. The van der Waals surface area contributed by atoms with E-state index in [4.69, 9.17) is 0 Å². The molecule has 0 spiro atoms. The smallest absolute Gasteiger partial charge is 0.366 e. The summed E-state index contributed by atoms with van der Waals surface area (Å²) in [7, 11) is 0. The Kier molecular flexibility index (Phi) is 5.89. The Balaban J connectivity index is 1.60. The van der Waals surface area contributed by atoms with E-state index >= 15 is 0 Å². The van der Waals surface area contributed by atoms with Crippen LogP contribution < -0.4 is 9.80 Å². The molecular formula is C22H17F7N4. The van der Waals surface area contributed by atoms with Crippen molar-refractivity contribution in [2.45, 2.75) is 12.4 Å². The summed E-state index contributed by atoms with van der Waals surface area (Å²) in [6, 6.07) is 7.66. The molecule has 4 nitrogen and oxygen atoms in total. The first kappa shape index (κ1) is 22.8. The number of para-hydroxylation sites is 1. The van der Waals surface area contributed by atoms with Crippen LogP contribution in [0.5, 0.6) is 0 Å². The van der Waals surface area contributed by atoms with Crippen molar-refractivity contribution >= 4 is 11.5 Å². The average Bonchev–Trinajstić information content (AvgIpc) is 2.78. The lowest BCUT2D eigenvalue weighted by Crippen LogP contribution is -2.47. The van der Waals surface area contributed by atoms with Crippen LogP contribution in [0.3, 0.4) is 0 Å². The number of aromatic nitrogens is 2. The van der Waals surface area contributed by atoms with E-state index in [-0.39, 0.29) is 23.1 Å². The topological polar surface area (TPSA) is 32.3 Å². The Hall–Kier alpha value is -3.37. The number of halogens is 7. The van der Waals surface area contributed by atoms with Gasteiger partial charge in [0.1, 0.15) is 11.6 Å². The molecule has 0 bridgehead atoms. The predicted molar refractivity (Wildman–Crippen MR) is 108 cm³/mol. The highest BCUT2D eigenvalue weighted by Gasteiger charge is 2.37.